The van der Waals surface area contributed by atoms with Crippen LogP contribution in [0, 0.1) is 3.80 Å². The van der Waals surface area contributed by atoms with E-state index in [1.165, 1.54) is 0 Å². The quantitative estimate of drug-likeness (QED) is 0.152. The van der Waals surface area contributed by atoms with Crippen molar-refractivity contribution >= 4 is 54.6 Å². The summed E-state index contributed by atoms with van der Waals surface area (Å²) in [5.74, 6) is 1.91. The van der Waals surface area contributed by atoms with Crippen LogP contribution in [0.3, 0.4) is 0 Å². The van der Waals surface area contributed by atoms with Crippen LogP contribution in [0.2, 0.25) is 0 Å². The third kappa shape index (κ3) is 8.60. The molecule has 0 spiro atoms. The molecule has 0 unspecified atom stereocenters. The maximum absolute atomic E-state index is 9.79. The SMILES string of the molecule is [2H]c1c([2H])c([2H])c(-c2cc(-n3c4c(C(C)(C)C)cccc4c4cccc(C(C)(C)C)c43)cc(-c3c([2H])c([2H])c([2H])c([2H])c3[2H])c2-n2[c](=[Pt])n(-c3cccc(Oc4ccc5c6ccccc6n(-c6cc(C(C)(C)C)ccn6)c5c4)c3)c3ccccc32)c([2H])c1[2H]. The van der Waals surface area contributed by atoms with Crippen LogP contribution in [0.1, 0.15) is 92.7 Å². The predicted octanol–water partition coefficient (Wildman–Crippen LogP) is 19.1. The van der Waals surface area contributed by atoms with Gasteiger partial charge in [-0.25, -0.2) is 0 Å². The fraction of sp³-hybridized carbons (Fsp3) is 0.167. The van der Waals surface area contributed by atoms with E-state index < -0.39 is 71.3 Å². The number of fused-ring (bicyclic) bond motifs is 7. The van der Waals surface area contributed by atoms with Crippen molar-refractivity contribution in [3.8, 4) is 56.6 Å². The molecule has 0 saturated heterocycles. The van der Waals surface area contributed by atoms with E-state index >= 15 is 0 Å². The summed E-state index contributed by atoms with van der Waals surface area (Å²) in [6.45, 7) is 19.5. The Balaban J connectivity index is 1.11. The Morgan fingerprint density at radius 1 is 0.430 bits per heavy atom. The van der Waals surface area contributed by atoms with E-state index in [9.17, 15) is 11.0 Å². The van der Waals surface area contributed by atoms with Crippen LogP contribution in [0.5, 0.6) is 11.5 Å². The van der Waals surface area contributed by atoms with Crippen molar-refractivity contribution in [3.63, 3.8) is 0 Å². The first-order chi connectivity index (χ1) is 42.2. The molecule has 4 aromatic heterocycles. The monoisotopic (exact) mass is 1220 g/mol. The number of imidazole rings is 1. The molecule has 4 heterocycles. The van der Waals surface area contributed by atoms with Gasteiger partial charge >= 0.3 is 434 Å². The van der Waals surface area contributed by atoms with Crippen LogP contribution in [0.15, 0.2) is 218 Å². The van der Waals surface area contributed by atoms with Crippen LogP contribution >= 0.6 is 0 Å². The molecule has 0 amide bonds. The van der Waals surface area contributed by atoms with Gasteiger partial charge in [0, 0.05) is 6.20 Å². The zero-order valence-electron chi connectivity index (χ0n) is 55.5. The fourth-order valence-corrected chi connectivity index (χ4v) is 12.5. The number of benzene rings is 9. The Morgan fingerprint density at radius 3 is 1.56 bits per heavy atom. The van der Waals surface area contributed by atoms with Crippen molar-refractivity contribution in [1.82, 2.24) is 23.3 Å². The number of hydrogen-bond acceptors (Lipinski definition) is 2. The van der Waals surface area contributed by atoms with Crippen LogP contribution in [-0.2, 0) is 35.6 Å². The molecular formula is C72H63N5OPt. The molecule has 0 bridgehead atoms. The average molecular weight is 1220 g/mol. The van der Waals surface area contributed by atoms with Gasteiger partial charge in [0.2, 0.25) is 0 Å². The summed E-state index contributed by atoms with van der Waals surface area (Å²) < 4.78 is 109. The molecule has 0 atom stereocenters. The molecule has 0 aliphatic heterocycles. The van der Waals surface area contributed by atoms with Gasteiger partial charge in [0.05, 0.1) is 0 Å². The first kappa shape index (κ1) is 40.0. The maximum atomic E-state index is 9.79. The van der Waals surface area contributed by atoms with E-state index in [-0.39, 0.29) is 33.4 Å². The summed E-state index contributed by atoms with van der Waals surface area (Å²) >= 11 is 2.23. The Bertz CT molecular complexity index is 5010. The molecular weight excluding hydrogens is 1150 g/mol. The van der Waals surface area contributed by atoms with Crippen molar-refractivity contribution in [2.75, 3.05) is 0 Å². The topological polar surface area (TPSA) is 41.8 Å². The average Bonchev–Trinajstić information content (AvgIpc) is 1.75. The van der Waals surface area contributed by atoms with Gasteiger partial charge in [-0.2, -0.15) is 0 Å². The van der Waals surface area contributed by atoms with Gasteiger partial charge in [0.15, 0.2) is 0 Å². The third-order valence-corrected chi connectivity index (χ3v) is 16.1. The molecule has 13 rings (SSSR count). The van der Waals surface area contributed by atoms with E-state index in [2.05, 4.69) is 158 Å². The molecule has 0 radical (unpaired) electrons. The van der Waals surface area contributed by atoms with Gasteiger partial charge in [-0.15, -0.1) is 0 Å². The molecule has 79 heavy (non-hydrogen) atoms. The number of rotatable bonds is 8. The Labute approximate surface area is 487 Å². The van der Waals surface area contributed by atoms with Crippen LogP contribution < -0.4 is 4.74 Å². The first-order valence-electron chi connectivity index (χ1n) is 31.5. The van der Waals surface area contributed by atoms with E-state index in [0.29, 0.717) is 37.7 Å². The molecule has 6 nitrogen and oxygen atoms in total. The van der Waals surface area contributed by atoms with Crippen LogP contribution in [0.25, 0.3) is 99.8 Å². The molecule has 7 heteroatoms. The molecule has 392 valence electrons. The minimum absolute atomic E-state index is 0.107. The number of para-hydroxylation sites is 5. The predicted molar refractivity (Wildman–Crippen MR) is 326 cm³/mol. The second-order valence-corrected chi connectivity index (χ2v) is 24.3. The van der Waals surface area contributed by atoms with E-state index in [1.807, 2.05) is 100 Å². The molecule has 0 aliphatic rings. The zero-order chi connectivity index (χ0) is 63.2. The summed E-state index contributed by atoms with van der Waals surface area (Å²) in [5, 5.41) is 4.03. The fourth-order valence-electron chi connectivity index (χ4n) is 11.4. The standard InChI is InChI=1S/C72H63N5O.Pt/c1-70(2,3)49-39-40-73-66(41-49)77-62-34-17-16-29-54(62)55-38-37-53(45-65(55)77)78-52-28-20-27-50(42-52)74-46-75(64-36-19-18-35-63(64)74)67-58(47-23-12-10-13-24-47)43-51(44-59(67)48-25-14-11-15-26-48)76-68-56(30-21-32-60(68)71(4,5)6)57-31-22-33-61(69(57)76)72(7,8)9;/h10-45H,1-9H3;/i10D,11D,12D,13D,14D,15D,23D,24D,25D,26D;. The summed E-state index contributed by atoms with van der Waals surface area (Å²) in [6.07, 6.45) is 1.86. The van der Waals surface area contributed by atoms with Gasteiger partial charge in [0.25, 0.3) is 0 Å². The van der Waals surface area contributed by atoms with Crippen molar-refractivity contribution in [1.29, 1.82) is 0 Å². The van der Waals surface area contributed by atoms with Gasteiger partial charge in [0.1, 0.15) is 0 Å². The van der Waals surface area contributed by atoms with Gasteiger partial charge in [-0.1, -0.05) is 32.9 Å². The number of pyridine rings is 1. The van der Waals surface area contributed by atoms with Crippen molar-refractivity contribution in [2.24, 2.45) is 0 Å². The van der Waals surface area contributed by atoms with Gasteiger partial charge in [-0.3, -0.25) is 0 Å². The summed E-state index contributed by atoms with van der Waals surface area (Å²) in [6, 6.07) is 44.8. The Kier molecular flexibility index (Phi) is 9.59. The van der Waals surface area contributed by atoms with E-state index in [4.69, 9.17) is 12.5 Å². The van der Waals surface area contributed by atoms with Crippen molar-refractivity contribution in [2.45, 2.75) is 78.6 Å². The second-order valence-electron chi connectivity index (χ2n) is 23.3. The molecule has 9 aromatic carbocycles. The molecule has 0 fully saturated rings. The summed E-state index contributed by atoms with van der Waals surface area (Å²) in [5.41, 5.74) is 8.60. The van der Waals surface area contributed by atoms with Crippen LogP contribution in [0.4, 0.5) is 0 Å². The zero-order valence-corrected chi connectivity index (χ0v) is 47.7. The van der Waals surface area contributed by atoms with Gasteiger partial charge < -0.3 is 0 Å². The minimum atomic E-state index is -0.578. The van der Waals surface area contributed by atoms with Crippen molar-refractivity contribution in [3.05, 3.63) is 239 Å². The Hall–Kier alpha value is -8.31. The first-order valence-corrected chi connectivity index (χ1v) is 27.7. The summed E-state index contributed by atoms with van der Waals surface area (Å²) in [7, 11) is 0. The van der Waals surface area contributed by atoms with Gasteiger partial charge in [-0.05, 0) is 17.0 Å². The van der Waals surface area contributed by atoms with E-state index in [0.717, 1.165) is 66.1 Å². The second kappa shape index (κ2) is 19.0. The normalized spacial score (nSPS) is 14.2. The molecule has 0 N–H and O–H groups in total. The van der Waals surface area contributed by atoms with Crippen molar-refractivity contribution < 1.29 is 37.8 Å². The van der Waals surface area contributed by atoms with Crippen LogP contribution in [-0.4, -0.2) is 23.3 Å². The number of ether oxygens (including phenoxy) is 1. The molecule has 0 aliphatic carbocycles. The number of nitrogens with zero attached hydrogens (tertiary/aromatic N) is 5. The van der Waals surface area contributed by atoms with E-state index in [1.54, 1.807) is 0 Å². The third-order valence-electron chi connectivity index (χ3n) is 15.0. The summed E-state index contributed by atoms with van der Waals surface area (Å²) in [4.78, 5) is 4.89. The Morgan fingerprint density at radius 2 is 0.962 bits per heavy atom. The molecule has 0 saturated carbocycles. The number of hydrogen-bond donors (Lipinski definition) is 0. The number of aromatic nitrogens is 5. The molecule has 13 aromatic rings.